The van der Waals surface area contributed by atoms with E-state index in [1.54, 1.807) is 0 Å². The Balaban J connectivity index is 2.13. The minimum atomic E-state index is 0.469. The molecule has 0 saturated carbocycles. The number of aryl methyl sites for hydroxylation is 1. The van der Waals surface area contributed by atoms with Gasteiger partial charge in [0.25, 0.3) is 0 Å². The van der Waals surface area contributed by atoms with E-state index in [0.29, 0.717) is 11.1 Å². The molecule has 0 unspecified atom stereocenters. The third kappa shape index (κ3) is 4.26. The molecule has 0 aliphatic rings. The molecule has 2 aromatic carbocycles. The predicted octanol–water partition coefficient (Wildman–Crippen LogP) is 4.94. The van der Waals surface area contributed by atoms with Gasteiger partial charge in [0.15, 0.2) is 0 Å². The summed E-state index contributed by atoms with van der Waals surface area (Å²) >= 11 is 5.88. The van der Waals surface area contributed by atoms with Crippen molar-refractivity contribution in [3.8, 4) is 11.5 Å². The number of hydrogen-bond acceptors (Lipinski definition) is 2. The largest absolute Gasteiger partial charge is 0.457 e. The molecule has 3 heteroatoms. The van der Waals surface area contributed by atoms with Crippen molar-refractivity contribution in [1.29, 1.82) is 0 Å². The van der Waals surface area contributed by atoms with Crippen molar-refractivity contribution in [2.75, 3.05) is 0 Å². The Hall–Kier alpha value is -1.51. The molecule has 0 aliphatic heterocycles. The van der Waals surface area contributed by atoms with E-state index in [1.165, 1.54) is 5.56 Å². The summed E-state index contributed by atoms with van der Waals surface area (Å²) < 4.78 is 5.93. The number of ether oxygens (including phenoxy) is 1. The molecule has 0 radical (unpaired) electrons. The third-order valence-electron chi connectivity index (χ3n) is 3.01. The maximum Gasteiger partial charge on any atom is 0.130 e. The Labute approximate surface area is 125 Å². The molecule has 0 aliphatic carbocycles. The number of hydrogen-bond donors (Lipinski definition) is 1. The second kappa shape index (κ2) is 6.78. The summed E-state index contributed by atoms with van der Waals surface area (Å²) in [6.45, 7) is 7.17. The average Bonchev–Trinajstić information content (AvgIpc) is 2.42. The van der Waals surface area contributed by atoms with Gasteiger partial charge in [0.2, 0.25) is 0 Å². The predicted molar refractivity (Wildman–Crippen MR) is 84.7 cm³/mol. The fourth-order valence-corrected chi connectivity index (χ4v) is 1.94. The van der Waals surface area contributed by atoms with Gasteiger partial charge in [0.1, 0.15) is 11.5 Å². The van der Waals surface area contributed by atoms with Gasteiger partial charge < -0.3 is 10.1 Å². The molecule has 0 heterocycles. The molecule has 2 nitrogen and oxygen atoms in total. The summed E-state index contributed by atoms with van der Waals surface area (Å²) in [5.74, 6) is 1.68. The zero-order valence-corrected chi connectivity index (χ0v) is 12.9. The van der Waals surface area contributed by atoms with E-state index in [2.05, 4.69) is 37.4 Å². The lowest BCUT2D eigenvalue weighted by Gasteiger charge is -2.12. The monoisotopic (exact) mass is 289 g/mol. The van der Waals surface area contributed by atoms with E-state index in [1.807, 2.05) is 31.2 Å². The normalized spacial score (nSPS) is 10.8. The number of halogens is 1. The zero-order valence-electron chi connectivity index (χ0n) is 12.1. The zero-order chi connectivity index (χ0) is 14.5. The maximum absolute atomic E-state index is 5.93. The lowest BCUT2D eigenvalue weighted by Crippen LogP contribution is -2.21. The molecule has 0 bridgehead atoms. The van der Waals surface area contributed by atoms with Crippen LogP contribution in [0.4, 0.5) is 0 Å². The Kier molecular flexibility index (Phi) is 5.05. The summed E-state index contributed by atoms with van der Waals surface area (Å²) in [5, 5.41) is 4.12. The van der Waals surface area contributed by atoms with Crippen molar-refractivity contribution in [3.63, 3.8) is 0 Å². The van der Waals surface area contributed by atoms with Crippen LogP contribution in [-0.2, 0) is 6.54 Å². The lowest BCUT2D eigenvalue weighted by molar-refractivity contribution is 0.477. The Morgan fingerprint density at radius 1 is 1.10 bits per heavy atom. The molecule has 0 atom stereocenters. The van der Waals surface area contributed by atoms with Crippen molar-refractivity contribution < 1.29 is 4.74 Å². The highest BCUT2D eigenvalue weighted by molar-refractivity contribution is 6.30. The first-order chi connectivity index (χ1) is 9.54. The molecule has 0 amide bonds. The molecule has 20 heavy (non-hydrogen) atoms. The Morgan fingerprint density at radius 3 is 2.45 bits per heavy atom. The first-order valence-electron chi connectivity index (χ1n) is 6.81. The van der Waals surface area contributed by atoms with Crippen molar-refractivity contribution in [3.05, 3.63) is 58.6 Å². The third-order valence-corrected chi connectivity index (χ3v) is 3.26. The van der Waals surface area contributed by atoms with Crippen LogP contribution in [0.2, 0.25) is 5.02 Å². The van der Waals surface area contributed by atoms with Crippen molar-refractivity contribution in [2.45, 2.75) is 33.4 Å². The van der Waals surface area contributed by atoms with Crippen LogP contribution in [0.3, 0.4) is 0 Å². The van der Waals surface area contributed by atoms with Gasteiger partial charge in [-0.2, -0.15) is 0 Å². The number of nitrogens with one attached hydrogen (secondary N) is 1. The highest BCUT2D eigenvalue weighted by atomic mass is 35.5. The van der Waals surface area contributed by atoms with Crippen LogP contribution in [0.5, 0.6) is 11.5 Å². The van der Waals surface area contributed by atoms with Gasteiger partial charge in [-0.05, 0) is 48.4 Å². The van der Waals surface area contributed by atoms with Crippen molar-refractivity contribution in [1.82, 2.24) is 5.32 Å². The van der Waals surface area contributed by atoms with Gasteiger partial charge in [0.05, 0.1) is 0 Å². The van der Waals surface area contributed by atoms with Crippen LogP contribution in [0.15, 0.2) is 42.5 Å². The SMILES string of the molecule is Cc1ccc(CNC(C)C)cc1Oc1ccc(Cl)cc1. The minimum Gasteiger partial charge on any atom is -0.457 e. The quantitative estimate of drug-likeness (QED) is 0.842. The second-order valence-corrected chi connectivity index (χ2v) is 5.63. The van der Waals surface area contributed by atoms with E-state index in [4.69, 9.17) is 16.3 Å². The first kappa shape index (κ1) is 14.9. The standard InChI is InChI=1S/C17H20ClNO/c1-12(2)19-11-14-5-4-13(3)17(10-14)20-16-8-6-15(18)7-9-16/h4-10,12,19H,11H2,1-3H3. The Morgan fingerprint density at radius 2 is 1.80 bits per heavy atom. The van der Waals surface area contributed by atoms with Crippen molar-refractivity contribution in [2.24, 2.45) is 0 Å². The molecule has 2 rings (SSSR count). The van der Waals surface area contributed by atoms with Crippen LogP contribution < -0.4 is 10.1 Å². The second-order valence-electron chi connectivity index (χ2n) is 5.19. The molecular formula is C17H20ClNO. The highest BCUT2D eigenvalue weighted by Crippen LogP contribution is 2.27. The topological polar surface area (TPSA) is 21.3 Å². The van der Waals surface area contributed by atoms with Gasteiger partial charge >= 0.3 is 0 Å². The van der Waals surface area contributed by atoms with Crippen LogP contribution in [-0.4, -0.2) is 6.04 Å². The van der Waals surface area contributed by atoms with E-state index in [-0.39, 0.29) is 0 Å². The van der Waals surface area contributed by atoms with E-state index < -0.39 is 0 Å². The van der Waals surface area contributed by atoms with Gasteiger partial charge in [-0.15, -0.1) is 0 Å². The van der Waals surface area contributed by atoms with E-state index in [0.717, 1.165) is 23.6 Å². The first-order valence-corrected chi connectivity index (χ1v) is 7.19. The summed E-state index contributed by atoms with van der Waals surface area (Å²) in [7, 11) is 0. The Bertz CT molecular complexity index is 564. The van der Waals surface area contributed by atoms with E-state index in [9.17, 15) is 0 Å². The maximum atomic E-state index is 5.93. The van der Waals surface area contributed by atoms with Gasteiger partial charge in [-0.25, -0.2) is 0 Å². The van der Waals surface area contributed by atoms with Gasteiger partial charge in [-0.3, -0.25) is 0 Å². The molecule has 0 aromatic heterocycles. The lowest BCUT2D eigenvalue weighted by atomic mass is 10.1. The minimum absolute atomic E-state index is 0.469. The molecular weight excluding hydrogens is 270 g/mol. The average molecular weight is 290 g/mol. The van der Waals surface area contributed by atoms with Crippen LogP contribution in [0.25, 0.3) is 0 Å². The summed E-state index contributed by atoms with van der Waals surface area (Å²) in [4.78, 5) is 0. The van der Waals surface area contributed by atoms with Gasteiger partial charge in [0, 0.05) is 17.6 Å². The van der Waals surface area contributed by atoms with Crippen LogP contribution in [0, 0.1) is 6.92 Å². The molecule has 0 spiro atoms. The van der Waals surface area contributed by atoms with Crippen LogP contribution >= 0.6 is 11.6 Å². The smallest absolute Gasteiger partial charge is 0.130 e. The van der Waals surface area contributed by atoms with Gasteiger partial charge in [-0.1, -0.05) is 37.6 Å². The summed E-state index contributed by atoms with van der Waals surface area (Å²) in [5.41, 5.74) is 2.33. The molecule has 1 N–H and O–H groups in total. The fraction of sp³-hybridized carbons (Fsp3) is 0.294. The van der Waals surface area contributed by atoms with E-state index >= 15 is 0 Å². The number of benzene rings is 2. The fourth-order valence-electron chi connectivity index (χ4n) is 1.82. The molecule has 2 aromatic rings. The van der Waals surface area contributed by atoms with Crippen LogP contribution in [0.1, 0.15) is 25.0 Å². The summed E-state index contributed by atoms with van der Waals surface area (Å²) in [6.07, 6.45) is 0. The van der Waals surface area contributed by atoms with Crippen molar-refractivity contribution >= 4 is 11.6 Å². The highest BCUT2D eigenvalue weighted by Gasteiger charge is 2.04. The molecule has 0 fully saturated rings. The molecule has 106 valence electrons. The molecule has 0 saturated heterocycles. The summed E-state index contributed by atoms with van der Waals surface area (Å²) in [6, 6.07) is 14.2. The number of rotatable bonds is 5.